The SMILES string of the molecule is CC(C)[C@@H](C)CO[Si](c1ccccc1)(c1ccccc1)C(C)(C)C. The van der Waals surface area contributed by atoms with Crippen LogP contribution >= 0.6 is 0 Å². The second-order valence-electron chi connectivity index (χ2n) is 8.20. The molecule has 1 nitrogen and oxygen atoms in total. The molecule has 0 aromatic heterocycles. The maximum absolute atomic E-state index is 6.93. The molecular weight excluding hydrogens is 308 g/mol. The standard InChI is InChI=1S/C22H32OSi/c1-18(2)19(3)17-23-24(22(4,5)6,20-13-9-7-10-14-20)21-15-11-8-12-16-21/h7-16,18-19H,17H2,1-6H3/t19-/m0/s1. The molecule has 1 atom stereocenters. The Hall–Kier alpha value is -1.38. The van der Waals surface area contributed by atoms with Gasteiger partial charge in [-0.15, -0.1) is 0 Å². The molecule has 2 aromatic rings. The Bertz CT molecular complexity index is 574. The molecule has 0 spiro atoms. The fraction of sp³-hybridized carbons (Fsp3) is 0.455. The number of rotatable bonds is 6. The van der Waals surface area contributed by atoms with Crippen molar-refractivity contribution in [3.05, 3.63) is 60.7 Å². The minimum absolute atomic E-state index is 0.0619. The van der Waals surface area contributed by atoms with Gasteiger partial charge in [-0.25, -0.2) is 0 Å². The van der Waals surface area contributed by atoms with Crippen molar-refractivity contribution in [2.45, 2.75) is 46.6 Å². The van der Waals surface area contributed by atoms with E-state index in [4.69, 9.17) is 4.43 Å². The zero-order valence-corrected chi connectivity index (χ0v) is 17.0. The quantitative estimate of drug-likeness (QED) is 0.683. The van der Waals surface area contributed by atoms with Crippen LogP contribution in [0.4, 0.5) is 0 Å². The fourth-order valence-electron chi connectivity index (χ4n) is 3.21. The molecule has 2 aromatic carbocycles. The van der Waals surface area contributed by atoms with E-state index in [-0.39, 0.29) is 5.04 Å². The maximum atomic E-state index is 6.93. The lowest BCUT2D eigenvalue weighted by Gasteiger charge is -2.43. The molecule has 2 rings (SSSR count). The summed E-state index contributed by atoms with van der Waals surface area (Å²) in [6.45, 7) is 14.7. The molecular formula is C22H32OSi. The van der Waals surface area contributed by atoms with Gasteiger partial charge in [-0.3, -0.25) is 0 Å². The summed E-state index contributed by atoms with van der Waals surface area (Å²) in [4.78, 5) is 0. The first-order chi connectivity index (χ1) is 11.3. The average Bonchev–Trinajstić information content (AvgIpc) is 2.56. The Labute approximate surface area is 149 Å². The van der Waals surface area contributed by atoms with Gasteiger partial charge < -0.3 is 4.43 Å². The molecule has 0 heterocycles. The summed E-state index contributed by atoms with van der Waals surface area (Å²) in [6, 6.07) is 21.8. The summed E-state index contributed by atoms with van der Waals surface area (Å²) in [6.07, 6.45) is 0. The zero-order chi connectivity index (χ0) is 17.8. The van der Waals surface area contributed by atoms with Crippen LogP contribution in [0, 0.1) is 11.8 Å². The summed E-state index contributed by atoms with van der Waals surface area (Å²) in [5.41, 5.74) is 0. The summed E-state index contributed by atoms with van der Waals surface area (Å²) < 4.78 is 6.93. The molecule has 0 bridgehead atoms. The lowest BCUT2D eigenvalue weighted by Crippen LogP contribution is -2.66. The van der Waals surface area contributed by atoms with Crippen molar-refractivity contribution in [2.75, 3.05) is 6.61 Å². The topological polar surface area (TPSA) is 9.23 Å². The van der Waals surface area contributed by atoms with Crippen molar-refractivity contribution < 1.29 is 4.43 Å². The number of hydrogen-bond donors (Lipinski definition) is 0. The van der Waals surface area contributed by atoms with Gasteiger partial charge in [-0.2, -0.15) is 0 Å². The largest absolute Gasteiger partial charge is 0.407 e. The predicted octanol–water partition coefficient (Wildman–Crippen LogP) is 4.86. The smallest absolute Gasteiger partial charge is 0.261 e. The molecule has 2 heteroatoms. The normalized spacial score (nSPS) is 14.0. The van der Waals surface area contributed by atoms with Gasteiger partial charge in [0.25, 0.3) is 8.32 Å². The van der Waals surface area contributed by atoms with Crippen molar-refractivity contribution in [1.82, 2.24) is 0 Å². The van der Waals surface area contributed by atoms with Crippen molar-refractivity contribution in [2.24, 2.45) is 11.8 Å². The van der Waals surface area contributed by atoms with Gasteiger partial charge in [0.05, 0.1) is 0 Å². The molecule has 0 unspecified atom stereocenters. The van der Waals surface area contributed by atoms with E-state index < -0.39 is 8.32 Å². The van der Waals surface area contributed by atoms with Crippen LogP contribution < -0.4 is 10.4 Å². The highest BCUT2D eigenvalue weighted by molar-refractivity contribution is 6.99. The van der Waals surface area contributed by atoms with E-state index in [1.54, 1.807) is 0 Å². The predicted molar refractivity (Wildman–Crippen MR) is 108 cm³/mol. The Balaban J connectivity index is 2.57. The maximum Gasteiger partial charge on any atom is 0.261 e. The lowest BCUT2D eigenvalue weighted by molar-refractivity contribution is 0.211. The van der Waals surface area contributed by atoms with E-state index in [9.17, 15) is 0 Å². The van der Waals surface area contributed by atoms with Crippen LogP contribution in [0.15, 0.2) is 60.7 Å². The third-order valence-corrected chi connectivity index (χ3v) is 10.1. The minimum atomic E-state index is -2.36. The second-order valence-corrected chi connectivity index (χ2v) is 12.5. The van der Waals surface area contributed by atoms with Gasteiger partial charge in [-0.1, -0.05) is 102 Å². The van der Waals surface area contributed by atoms with Gasteiger partial charge in [0, 0.05) is 6.61 Å². The number of benzene rings is 2. The van der Waals surface area contributed by atoms with E-state index in [0.717, 1.165) is 6.61 Å². The van der Waals surface area contributed by atoms with Gasteiger partial charge >= 0.3 is 0 Å². The van der Waals surface area contributed by atoms with Crippen LogP contribution in [-0.4, -0.2) is 14.9 Å². The van der Waals surface area contributed by atoms with Crippen LogP contribution in [0.2, 0.25) is 5.04 Å². The molecule has 0 radical (unpaired) electrons. The molecule has 0 aliphatic carbocycles. The van der Waals surface area contributed by atoms with Crippen molar-refractivity contribution in [1.29, 1.82) is 0 Å². The third-order valence-electron chi connectivity index (χ3n) is 5.12. The van der Waals surface area contributed by atoms with Gasteiger partial charge in [0.1, 0.15) is 0 Å². The van der Waals surface area contributed by atoms with Gasteiger partial charge in [-0.05, 0) is 27.2 Å². The Kier molecular flexibility index (Phi) is 6.05. The molecule has 0 saturated carbocycles. The molecule has 130 valence electrons. The zero-order valence-electron chi connectivity index (χ0n) is 16.0. The summed E-state index contributed by atoms with van der Waals surface area (Å²) in [7, 11) is -2.36. The Morgan fingerprint density at radius 1 is 0.792 bits per heavy atom. The van der Waals surface area contributed by atoms with Gasteiger partial charge in [0.2, 0.25) is 0 Å². The van der Waals surface area contributed by atoms with Crippen LogP contribution in [0.25, 0.3) is 0 Å². The highest BCUT2D eigenvalue weighted by atomic mass is 28.4. The first-order valence-electron chi connectivity index (χ1n) is 9.04. The van der Waals surface area contributed by atoms with E-state index in [1.807, 2.05) is 0 Å². The van der Waals surface area contributed by atoms with E-state index >= 15 is 0 Å². The summed E-state index contributed by atoms with van der Waals surface area (Å²) in [5, 5.41) is 2.78. The molecule has 0 aliphatic rings. The molecule has 0 aliphatic heterocycles. The minimum Gasteiger partial charge on any atom is -0.407 e. The Morgan fingerprint density at radius 3 is 1.54 bits per heavy atom. The fourth-order valence-corrected chi connectivity index (χ4v) is 7.88. The lowest BCUT2D eigenvalue weighted by atomic mass is 10.00. The van der Waals surface area contributed by atoms with E-state index in [0.29, 0.717) is 11.8 Å². The molecule has 0 N–H and O–H groups in total. The first-order valence-corrected chi connectivity index (χ1v) is 10.9. The molecule has 0 saturated heterocycles. The van der Waals surface area contributed by atoms with E-state index in [1.165, 1.54) is 10.4 Å². The van der Waals surface area contributed by atoms with Gasteiger partial charge in [0.15, 0.2) is 0 Å². The highest BCUT2D eigenvalue weighted by Gasteiger charge is 2.50. The monoisotopic (exact) mass is 340 g/mol. The highest BCUT2D eigenvalue weighted by Crippen LogP contribution is 2.37. The molecule has 0 amide bonds. The van der Waals surface area contributed by atoms with Crippen molar-refractivity contribution in [3.63, 3.8) is 0 Å². The van der Waals surface area contributed by atoms with Crippen LogP contribution in [-0.2, 0) is 4.43 Å². The first kappa shape index (κ1) is 18.9. The van der Waals surface area contributed by atoms with E-state index in [2.05, 4.69) is 102 Å². The van der Waals surface area contributed by atoms with Crippen molar-refractivity contribution in [3.8, 4) is 0 Å². The number of hydrogen-bond acceptors (Lipinski definition) is 1. The Morgan fingerprint density at radius 2 is 1.21 bits per heavy atom. The van der Waals surface area contributed by atoms with Crippen LogP contribution in [0.3, 0.4) is 0 Å². The van der Waals surface area contributed by atoms with Crippen LogP contribution in [0.1, 0.15) is 41.5 Å². The summed E-state index contributed by atoms with van der Waals surface area (Å²) >= 11 is 0. The van der Waals surface area contributed by atoms with Crippen LogP contribution in [0.5, 0.6) is 0 Å². The average molecular weight is 341 g/mol. The molecule has 24 heavy (non-hydrogen) atoms. The molecule has 0 fully saturated rings. The van der Waals surface area contributed by atoms with Crippen molar-refractivity contribution >= 4 is 18.7 Å². The summed E-state index contributed by atoms with van der Waals surface area (Å²) in [5.74, 6) is 1.18. The third kappa shape index (κ3) is 3.81. The second kappa shape index (κ2) is 7.67.